The number of likely N-dealkylation sites (N-methyl/N-ethyl adjacent to an activating group) is 1. The molecule has 0 aliphatic heterocycles. The maximum absolute atomic E-state index is 11.8. The van der Waals surface area contributed by atoms with E-state index in [2.05, 4.69) is 21.0 Å². The molecule has 5 nitrogen and oxygen atoms in total. The first-order valence-electron chi connectivity index (χ1n) is 13.5. The number of carbonyl (C=O) groups is 2. The van der Waals surface area contributed by atoms with E-state index in [0.29, 0.717) is 17.3 Å². The summed E-state index contributed by atoms with van der Waals surface area (Å²) in [5.74, 6) is -1.14. The molecule has 0 aromatic carbocycles. The van der Waals surface area contributed by atoms with Crippen molar-refractivity contribution in [2.45, 2.75) is 136 Å². The fourth-order valence-electron chi connectivity index (χ4n) is 4.32. The van der Waals surface area contributed by atoms with Crippen molar-refractivity contribution in [3.8, 4) is 0 Å². The molecule has 0 N–H and O–H groups in total. The number of hydrogen-bond donors (Lipinski definition) is 0. The molecule has 0 aliphatic rings. The third kappa shape index (κ3) is 20.8. The van der Waals surface area contributed by atoms with Gasteiger partial charge >= 0.3 is 5.97 Å². The molecule has 1 unspecified atom stereocenters. The van der Waals surface area contributed by atoms with Gasteiger partial charge in [0, 0.05) is 18.8 Å². The molecule has 5 heteroatoms. The van der Waals surface area contributed by atoms with E-state index in [0.717, 1.165) is 25.9 Å². The van der Waals surface area contributed by atoms with E-state index in [1.807, 2.05) is 6.92 Å². The number of carboxylic acids is 1. The lowest BCUT2D eigenvalue weighted by Crippen LogP contribution is -2.47. The summed E-state index contributed by atoms with van der Waals surface area (Å²) in [4.78, 5) is 22.5. The molecule has 0 saturated heterocycles. The lowest BCUT2D eigenvalue weighted by atomic mass is 10.0. The zero-order chi connectivity index (χ0) is 24.1. The van der Waals surface area contributed by atoms with Gasteiger partial charge in [-0.15, -0.1) is 0 Å². The highest BCUT2D eigenvalue weighted by molar-refractivity contribution is 5.69. The van der Waals surface area contributed by atoms with Crippen LogP contribution in [-0.2, 0) is 14.3 Å². The summed E-state index contributed by atoms with van der Waals surface area (Å²) in [7, 11) is 4.15. The highest BCUT2D eigenvalue weighted by Gasteiger charge is 2.24. The van der Waals surface area contributed by atoms with Crippen molar-refractivity contribution in [2.75, 3.05) is 27.2 Å². The summed E-state index contributed by atoms with van der Waals surface area (Å²) in [6.07, 6.45) is 20.6. The van der Waals surface area contributed by atoms with Crippen LogP contribution in [0.1, 0.15) is 129 Å². The molecular formula is C27H53NO4. The average Bonchev–Trinajstić information content (AvgIpc) is 2.73. The Kier molecular flexibility index (Phi) is 19.8. The van der Waals surface area contributed by atoms with Crippen molar-refractivity contribution in [3.05, 3.63) is 0 Å². The number of hydrogen-bond acceptors (Lipinski definition) is 4. The second-order valence-electron chi connectivity index (χ2n) is 10.2. The van der Waals surface area contributed by atoms with Gasteiger partial charge in [-0.3, -0.25) is 4.79 Å². The lowest BCUT2D eigenvalue weighted by Gasteiger charge is -2.33. The minimum atomic E-state index is -0.999. The van der Waals surface area contributed by atoms with Gasteiger partial charge in [0.15, 0.2) is 6.10 Å². The number of carboxylic acid groups (broad SMARTS) is 1. The molecular weight excluding hydrogens is 402 g/mol. The van der Waals surface area contributed by atoms with Crippen LogP contribution in [0.15, 0.2) is 0 Å². The number of esters is 1. The Morgan fingerprint density at radius 1 is 0.750 bits per heavy atom. The molecule has 0 aromatic heterocycles. The monoisotopic (exact) mass is 455 g/mol. The van der Waals surface area contributed by atoms with Crippen LogP contribution in [0.3, 0.4) is 0 Å². The van der Waals surface area contributed by atoms with Crippen molar-refractivity contribution in [1.82, 2.24) is 0 Å². The van der Waals surface area contributed by atoms with E-state index in [4.69, 9.17) is 4.74 Å². The van der Waals surface area contributed by atoms with Gasteiger partial charge in [-0.05, 0) is 19.3 Å². The minimum Gasteiger partial charge on any atom is -0.550 e. The van der Waals surface area contributed by atoms with Crippen molar-refractivity contribution in [3.63, 3.8) is 0 Å². The molecule has 0 fully saturated rings. The van der Waals surface area contributed by atoms with Crippen LogP contribution in [-0.4, -0.2) is 49.7 Å². The predicted octanol–water partition coefficient (Wildman–Crippen LogP) is 5.79. The van der Waals surface area contributed by atoms with Crippen LogP contribution in [0.4, 0.5) is 0 Å². The molecule has 0 aromatic rings. The van der Waals surface area contributed by atoms with Crippen molar-refractivity contribution < 1.29 is 23.9 Å². The van der Waals surface area contributed by atoms with E-state index in [-0.39, 0.29) is 18.5 Å². The SMILES string of the molecule is CCCCCCCCCCCCCCCCC(C[N+](C)(C)CCCC(=O)[O-])OC(=O)CC. The van der Waals surface area contributed by atoms with E-state index >= 15 is 0 Å². The molecule has 0 saturated carbocycles. The summed E-state index contributed by atoms with van der Waals surface area (Å²) in [5, 5.41) is 10.7. The number of unbranched alkanes of at least 4 members (excludes halogenated alkanes) is 13. The summed E-state index contributed by atoms with van der Waals surface area (Å²) in [5.41, 5.74) is 0. The normalized spacial score (nSPS) is 12.6. The predicted molar refractivity (Wildman–Crippen MR) is 131 cm³/mol. The van der Waals surface area contributed by atoms with Gasteiger partial charge in [-0.25, -0.2) is 0 Å². The Hall–Kier alpha value is -1.10. The number of carbonyl (C=O) groups excluding carboxylic acids is 2. The van der Waals surface area contributed by atoms with Gasteiger partial charge in [-0.2, -0.15) is 0 Å². The van der Waals surface area contributed by atoms with Gasteiger partial charge < -0.3 is 19.1 Å². The molecule has 0 rings (SSSR count). The number of aliphatic carboxylic acids is 1. The van der Waals surface area contributed by atoms with Gasteiger partial charge in [0.1, 0.15) is 6.54 Å². The van der Waals surface area contributed by atoms with Crippen LogP contribution in [0, 0.1) is 0 Å². The first kappa shape index (κ1) is 30.9. The van der Waals surface area contributed by atoms with Crippen LogP contribution >= 0.6 is 0 Å². The van der Waals surface area contributed by atoms with Gasteiger partial charge in [0.2, 0.25) is 0 Å². The molecule has 32 heavy (non-hydrogen) atoms. The van der Waals surface area contributed by atoms with Crippen molar-refractivity contribution in [2.24, 2.45) is 0 Å². The molecule has 190 valence electrons. The van der Waals surface area contributed by atoms with E-state index < -0.39 is 5.97 Å². The van der Waals surface area contributed by atoms with E-state index in [1.54, 1.807) is 0 Å². The van der Waals surface area contributed by atoms with Gasteiger partial charge in [0.25, 0.3) is 0 Å². The zero-order valence-electron chi connectivity index (χ0n) is 21.8. The highest BCUT2D eigenvalue weighted by Crippen LogP contribution is 2.16. The molecule has 0 bridgehead atoms. The first-order chi connectivity index (χ1) is 15.3. The number of ether oxygens (including phenoxy) is 1. The summed E-state index contributed by atoms with van der Waals surface area (Å²) < 4.78 is 6.35. The standard InChI is InChI=1S/C27H53NO4/c1-5-7-8-9-10-11-12-13-14-15-16-17-18-19-21-25(32-27(31)6-2)24-28(3,4)23-20-22-26(29)30/h25H,5-24H2,1-4H3. The number of quaternary nitrogens is 1. The smallest absolute Gasteiger partial charge is 0.305 e. The van der Waals surface area contributed by atoms with Crippen LogP contribution < -0.4 is 5.11 Å². The Labute approximate surface area is 198 Å². The first-order valence-corrected chi connectivity index (χ1v) is 13.5. The van der Waals surface area contributed by atoms with Crippen LogP contribution in [0.5, 0.6) is 0 Å². The summed E-state index contributed by atoms with van der Waals surface area (Å²) in [6, 6.07) is 0. The fraction of sp³-hybridized carbons (Fsp3) is 0.926. The Balaban J connectivity index is 3.91. The minimum absolute atomic E-state index is 0.0834. The Morgan fingerprint density at radius 3 is 1.66 bits per heavy atom. The molecule has 0 heterocycles. The van der Waals surface area contributed by atoms with E-state index in [9.17, 15) is 14.7 Å². The molecule has 0 spiro atoms. The maximum atomic E-state index is 11.8. The van der Waals surface area contributed by atoms with Crippen LogP contribution in [0.2, 0.25) is 0 Å². The second kappa shape index (κ2) is 20.5. The van der Waals surface area contributed by atoms with Gasteiger partial charge in [0.05, 0.1) is 20.6 Å². The summed E-state index contributed by atoms with van der Waals surface area (Å²) >= 11 is 0. The number of rotatable bonds is 23. The van der Waals surface area contributed by atoms with Crippen LogP contribution in [0.25, 0.3) is 0 Å². The third-order valence-corrected chi connectivity index (χ3v) is 6.31. The zero-order valence-corrected chi connectivity index (χ0v) is 21.8. The largest absolute Gasteiger partial charge is 0.550 e. The Morgan fingerprint density at radius 2 is 1.22 bits per heavy atom. The maximum Gasteiger partial charge on any atom is 0.305 e. The van der Waals surface area contributed by atoms with E-state index in [1.165, 1.54) is 83.5 Å². The summed E-state index contributed by atoms with van der Waals surface area (Å²) in [6.45, 7) is 5.57. The molecule has 0 amide bonds. The number of nitrogens with zero attached hydrogens (tertiary/aromatic N) is 1. The van der Waals surface area contributed by atoms with Crippen molar-refractivity contribution >= 4 is 11.9 Å². The average molecular weight is 456 g/mol. The van der Waals surface area contributed by atoms with Gasteiger partial charge in [-0.1, -0.05) is 97.3 Å². The Bertz CT molecular complexity index is 465. The quantitative estimate of drug-likeness (QED) is 0.111. The third-order valence-electron chi connectivity index (χ3n) is 6.31. The lowest BCUT2D eigenvalue weighted by molar-refractivity contribution is -0.893. The molecule has 0 aliphatic carbocycles. The highest BCUT2D eigenvalue weighted by atomic mass is 16.5. The fourth-order valence-corrected chi connectivity index (χ4v) is 4.32. The second-order valence-corrected chi connectivity index (χ2v) is 10.2. The molecule has 1 atom stereocenters. The van der Waals surface area contributed by atoms with Crippen molar-refractivity contribution in [1.29, 1.82) is 0 Å². The topological polar surface area (TPSA) is 66.4 Å². The molecule has 0 radical (unpaired) electrons.